The highest BCUT2D eigenvalue weighted by Crippen LogP contribution is 2.29. The standard InChI is InChI=1S/C17H31N3O2S/c1-13-9-16(13)20-17(18-10-14-5-3-2-4-6-14)19-11-15-7-8-23(21,22)12-15/h13-16H,2-12H2,1H3,(H2,18,19,20). The third kappa shape index (κ3) is 5.37. The average molecular weight is 342 g/mol. The highest BCUT2D eigenvalue weighted by atomic mass is 32.2. The number of nitrogens with zero attached hydrogens (tertiary/aromatic N) is 1. The topological polar surface area (TPSA) is 70.6 Å². The fourth-order valence-electron chi connectivity index (χ4n) is 3.72. The maximum atomic E-state index is 11.6. The molecule has 1 saturated heterocycles. The Morgan fingerprint density at radius 3 is 2.48 bits per heavy atom. The monoisotopic (exact) mass is 341 g/mol. The molecule has 132 valence electrons. The maximum Gasteiger partial charge on any atom is 0.191 e. The largest absolute Gasteiger partial charge is 0.356 e. The van der Waals surface area contributed by atoms with Crippen molar-refractivity contribution in [2.75, 3.05) is 24.6 Å². The summed E-state index contributed by atoms with van der Waals surface area (Å²) < 4.78 is 23.1. The third-order valence-corrected chi connectivity index (χ3v) is 7.39. The molecule has 0 amide bonds. The van der Waals surface area contributed by atoms with Crippen LogP contribution < -0.4 is 10.6 Å². The molecule has 3 fully saturated rings. The molecule has 0 aromatic rings. The molecular formula is C17H31N3O2S. The van der Waals surface area contributed by atoms with Crippen molar-refractivity contribution >= 4 is 15.8 Å². The SMILES string of the molecule is CC1CC1NC(=NCC1CCS(=O)(=O)C1)NCC1CCCCC1. The van der Waals surface area contributed by atoms with Crippen LogP contribution in [0.3, 0.4) is 0 Å². The van der Waals surface area contributed by atoms with Gasteiger partial charge >= 0.3 is 0 Å². The normalized spacial score (nSPS) is 34.3. The first-order chi connectivity index (χ1) is 11.0. The molecule has 2 aliphatic carbocycles. The molecule has 0 aromatic heterocycles. The summed E-state index contributed by atoms with van der Waals surface area (Å²) in [6, 6.07) is 0.542. The van der Waals surface area contributed by atoms with Crippen LogP contribution in [-0.4, -0.2) is 45.0 Å². The molecule has 0 aromatic carbocycles. The Bertz CT molecular complexity index is 526. The number of hydrogen-bond donors (Lipinski definition) is 2. The lowest BCUT2D eigenvalue weighted by Crippen LogP contribution is -2.42. The molecule has 1 aliphatic heterocycles. The van der Waals surface area contributed by atoms with Crippen LogP contribution in [0, 0.1) is 17.8 Å². The summed E-state index contributed by atoms with van der Waals surface area (Å²) in [5.41, 5.74) is 0. The fourth-order valence-corrected chi connectivity index (χ4v) is 5.57. The molecule has 3 atom stereocenters. The summed E-state index contributed by atoms with van der Waals surface area (Å²) in [6.45, 7) is 3.87. The van der Waals surface area contributed by atoms with Gasteiger partial charge in [0.2, 0.25) is 0 Å². The van der Waals surface area contributed by atoms with Crippen LogP contribution in [-0.2, 0) is 9.84 Å². The molecule has 2 N–H and O–H groups in total. The molecule has 3 unspecified atom stereocenters. The van der Waals surface area contributed by atoms with E-state index in [4.69, 9.17) is 4.99 Å². The van der Waals surface area contributed by atoms with Crippen molar-refractivity contribution in [2.45, 2.75) is 57.9 Å². The van der Waals surface area contributed by atoms with E-state index in [1.807, 2.05) is 0 Å². The van der Waals surface area contributed by atoms with Crippen molar-refractivity contribution < 1.29 is 8.42 Å². The van der Waals surface area contributed by atoms with E-state index in [1.54, 1.807) is 0 Å². The van der Waals surface area contributed by atoms with E-state index in [9.17, 15) is 8.42 Å². The van der Waals surface area contributed by atoms with E-state index in [0.29, 0.717) is 24.1 Å². The second kappa shape index (κ2) is 7.41. The summed E-state index contributed by atoms with van der Waals surface area (Å²) in [6.07, 6.45) is 8.70. The van der Waals surface area contributed by atoms with Gasteiger partial charge in [0.25, 0.3) is 0 Å². The molecule has 5 nitrogen and oxygen atoms in total. The van der Waals surface area contributed by atoms with Crippen LogP contribution in [0.4, 0.5) is 0 Å². The zero-order valence-corrected chi connectivity index (χ0v) is 15.1. The minimum atomic E-state index is -2.80. The third-order valence-electron chi connectivity index (χ3n) is 5.55. The van der Waals surface area contributed by atoms with Gasteiger partial charge in [-0.05, 0) is 43.4 Å². The van der Waals surface area contributed by atoms with Crippen molar-refractivity contribution in [3.05, 3.63) is 0 Å². The Labute approximate surface area is 140 Å². The molecule has 23 heavy (non-hydrogen) atoms. The lowest BCUT2D eigenvalue weighted by Gasteiger charge is -2.23. The van der Waals surface area contributed by atoms with E-state index in [0.717, 1.165) is 30.8 Å². The number of sulfone groups is 1. The van der Waals surface area contributed by atoms with E-state index in [-0.39, 0.29) is 5.92 Å². The molecule has 2 saturated carbocycles. The summed E-state index contributed by atoms with van der Waals surface area (Å²) >= 11 is 0. The van der Waals surface area contributed by atoms with Crippen molar-refractivity contribution in [1.29, 1.82) is 0 Å². The van der Waals surface area contributed by atoms with Crippen molar-refractivity contribution in [1.82, 2.24) is 10.6 Å². The van der Waals surface area contributed by atoms with Gasteiger partial charge in [-0.15, -0.1) is 0 Å². The van der Waals surface area contributed by atoms with Gasteiger partial charge in [-0.2, -0.15) is 0 Å². The number of rotatable bonds is 5. The first-order valence-electron chi connectivity index (χ1n) is 9.27. The second-order valence-corrected chi connectivity index (χ2v) is 10.0. The van der Waals surface area contributed by atoms with E-state index >= 15 is 0 Å². The van der Waals surface area contributed by atoms with Crippen LogP contribution in [0.5, 0.6) is 0 Å². The summed E-state index contributed by atoms with van der Waals surface area (Å²) in [5, 5.41) is 7.03. The lowest BCUT2D eigenvalue weighted by atomic mass is 9.89. The molecular weight excluding hydrogens is 310 g/mol. The fraction of sp³-hybridized carbons (Fsp3) is 0.941. The Morgan fingerprint density at radius 1 is 1.13 bits per heavy atom. The number of hydrogen-bond acceptors (Lipinski definition) is 3. The predicted molar refractivity (Wildman–Crippen MR) is 94.3 cm³/mol. The summed E-state index contributed by atoms with van der Waals surface area (Å²) in [5.74, 6) is 3.24. The highest BCUT2D eigenvalue weighted by Gasteiger charge is 2.33. The van der Waals surface area contributed by atoms with Crippen molar-refractivity contribution in [3.8, 4) is 0 Å². The molecule has 0 radical (unpaired) electrons. The van der Waals surface area contributed by atoms with Gasteiger partial charge in [0.1, 0.15) is 0 Å². The van der Waals surface area contributed by atoms with Crippen LogP contribution in [0.2, 0.25) is 0 Å². The Kier molecular flexibility index (Phi) is 5.49. The van der Waals surface area contributed by atoms with Crippen molar-refractivity contribution in [3.63, 3.8) is 0 Å². The van der Waals surface area contributed by atoms with E-state index in [2.05, 4.69) is 17.6 Å². The van der Waals surface area contributed by atoms with Crippen LogP contribution >= 0.6 is 0 Å². The van der Waals surface area contributed by atoms with Crippen LogP contribution in [0.25, 0.3) is 0 Å². The maximum absolute atomic E-state index is 11.6. The molecule has 3 aliphatic rings. The van der Waals surface area contributed by atoms with E-state index < -0.39 is 9.84 Å². The van der Waals surface area contributed by atoms with E-state index in [1.165, 1.54) is 38.5 Å². The molecule has 3 rings (SSSR count). The second-order valence-electron chi connectivity index (χ2n) is 7.81. The number of guanidine groups is 1. The quantitative estimate of drug-likeness (QED) is 0.592. The van der Waals surface area contributed by atoms with Gasteiger partial charge in [0.15, 0.2) is 15.8 Å². The minimum absolute atomic E-state index is 0.199. The van der Waals surface area contributed by atoms with Gasteiger partial charge in [-0.3, -0.25) is 4.99 Å². The first kappa shape index (κ1) is 17.1. The lowest BCUT2D eigenvalue weighted by molar-refractivity contribution is 0.355. The Balaban J connectivity index is 1.50. The minimum Gasteiger partial charge on any atom is -0.356 e. The van der Waals surface area contributed by atoms with Gasteiger partial charge in [0, 0.05) is 19.1 Å². The van der Waals surface area contributed by atoms with Crippen molar-refractivity contribution in [2.24, 2.45) is 22.7 Å². The number of aliphatic imine (C=N–C) groups is 1. The van der Waals surface area contributed by atoms with Gasteiger partial charge in [0.05, 0.1) is 11.5 Å². The summed E-state index contributed by atoms with van der Waals surface area (Å²) in [4.78, 5) is 4.70. The van der Waals surface area contributed by atoms with Gasteiger partial charge < -0.3 is 10.6 Å². The summed E-state index contributed by atoms with van der Waals surface area (Å²) in [7, 11) is -2.80. The van der Waals surface area contributed by atoms with Gasteiger partial charge in [-0.25, -0.2) is 8.42 Å². The molecule has 1 heterocycles. The smallest absolute Gasteiger partial charge is 0.191 e. The Hall–Kier alpha value is -0.780. The predicted octanol–water partition coefficient (Wildman–Crippen LogP) is 1.94. The molecule has 6 heteroatoms. The zero-order valence-electron chi connectivity index (χ0n) is 14.3. The number of nitrogens with one attached hydrogen (secondary N) is 2. The zero-order chi connectivity index (χ0) is 16.3. The first-order valence-corrected chi connectivity index (χ1v) is 11.1. The van der Waals surface area contributed by atoms with Gasteiger partial charge in [-0.1, -0.05) is 26.2 Å². The molecule has 0 spiro atoms. The van der Waals surface area contributed by atoms with Crippen LogP contribution in [0.15, 0.2) is 4.99 Å². The highest BCUT2D eigenvalue weighted by molar-refractivity contribution is 7.91. The average Bonchev–Trinajstić information content (AvgIpc) is 3.10. The Morgan fingerprint density at radius 2 is 1.87 bits per heavy atom. The van der Waals surface area contributed by atoms with Crippen LogP contribution in [0.1, 0.15) is 51.9 Å². The molecule has 0 bridgehead atoms.